The van der Waals surface area contributed by atoms with E-state index in [2.05, 4.69) is 40.5 Å². The highest BCUT2D eigenvalue weighted by molar-refractivity contribution is 7.92. The van der Waals surface area contributed by atoms with Crippen LogP contribution in [0.1, 0.15) is 117 Å². The molecule has 6 heterocycles. The van der Waals surface area contributed by atoms with Gasteiger partial charge in [0.05, 0.1) is 89.6 Å². The number of hydrogen-bond donors (Lipinski definition) is 4. The number of nitrogens with one attached hydrogen (secondary N) is 4. The minimum atomic E-state index is -3.88. The van der Waals surface area contributed by atoms with Crippen molar-refractivity contribution in [1.29, 1.82) is 0 Å². The molecule has 12 aromatic rings. The lowest BCUT2D eigenvalue weighted by Gasteiger charge is -2.24. The minimum absolute atomic E-state index is 0.00788. The van der Waals surface area contributed by atoms with Crippen molar-refractivity contribution < 1.29 is 79.1 Å². The van der Waals surface area contributed by atoms with Gasteiger partial charge < -0.3 is 10.6 Å². The lowest BCUT2D eigenvalue weighted by atomic mass is 10.0. The number of rotatable bonds is 20. The number of benzene rings is 6. The first kappa shape index (κ1) is 76.5. The summed E-state index contributed by atoms with van der Waals surface area (Å²) < 4.78 is 235. The predicted molar refractivity (Wildman–Crippen MR) is 385 cm³/mol. The number of alkyl halides is 8. The topological polar surface area (TPSA) is 292 Å². The molecule has 6 atom stereocenters. The Bertz CT molecular complexity index is 5990. The molecule has 0 spiro atoms. The van der Waals surface area contributed by atoms with Gasteiger partial charge in [0.15, 0.2) is 11.6 Å². The van der Waals surface area contributed by atoms with Crippen molar-refractivity contribution in [2.24, 2.45) is 25.9 Å². The van der Waals surface area contributed by atoms with Gasteiger partial charge in [0.1, 0.15) is 70.8 Å². The number of fused-ring (bicyclic) bond motifs is 10. The molecule has 4 aliphatic carbocycles. The van der Waals surface area contributed by atoms with E-state index < -0.39 is 175 Å². The first-order valence-electron chi connectivity index (χ1n) is 34.0. The predicted octanol–water partition coefficient (Wildman–Crippen LogP) is 12.7. The fourth-order valence-corrected chi connectivity index (χ4v) is 17.0. The van der Waals surface area contributed by atoms with E-state index in [4.69, 9.17) is 33.2 Å². The van der Waals surface area contributed by atoms with E-state index in [-0.39, 0.29) is 123 Å². The maximum Gasteiger partial charge on any atom is 0.293 e. The van der Waals surface area contributed by atoms with E-state index in [0.29, 0.717) is 32.6 Å². The molecule has 0 bridgehead atoms. The van der Waals surface area contributed by atoms with Crippen LogP contribution in [0.5, 0.6) is 0 Å². The summed E-state index contributed by atoms with van der Waals surface area (Å²) in [7, 11) is -4.83. The molecule has 2 amide bonds. The standard InChI is InChI=1S/2C36H29ClF6N8O4S/c2*1-15-5-4-6-19-28(15)45-34(51(35(19)53)24-8-7-22(37)27-30(24)49(2)47-33(27)48-56(3,54)55)23(11-16-9-17(38)12-18(39)10-16)44-25(52)14-50-31-26(29(46-50)32(40)41)20-13-21(20)36(31,42)43/h2*4-10,12,20-21,23,32H,11,13-14H2,1-3H3,(H,44,52)(H,47,48)/t20-,21+,23?;20-,21+,23-/m00/s1. The first-order chi connectivity index (χ1) is 52.7. The number of halogens is 14. The zero-order chi connectivity index (χ0) is 80.3. The normalized spacial score (nSPS) is 17.7. The van der Waals surface area contributed by atoms with Crippen LogP contribution in [0.4, 0.5) is 64.3 Å². The van der Waals surface area contributed by atoms with Crippen LogP contribution in [0.15, 0.2) is 107 Å². The molecule has 6 aromatic carbocycles. The van der Waals surface area contributed by atoms with Crippen LogP contribution >= 0.6 is 23.2 Å². The summed E-state index contributed by atoms with van der Waals surface area (Å²) >= 11 is 13.1. The number of para-hydroxylation sites is 2. The van der Waals surface area contributed by atoms with Crippen molar-refractivity contribution in [3.8, 4) is 11.4 Å². The minimum Gasteiger partial charge on any atom is -0.344 e. The molecule has 112 heavy (non-hydrogen) atoms. The van der Waals surface area contributed by atoms with Crippen LogP contribution in [0.25, 0.3) is 55.0 Å². The van der Waals surface area contributed by atoms with Gasteiger partial charge in [-0.1, -0.05) is 47.5 Å². The van der Waals surface area contributed by atoms with Crippen molar-refractivity contribution in [3.63, 3.8) is 0 Å². The highest BCUT2D eigenvalue weighted by atomic mass is 35.5. The second-order valence-electron chi connectivity index (χ2n) is 28.0. The second kappa shape index (κ2) is 27.5. The fraction of sp³-hybridized carbons (Fsp3) is 0.306. The maximum absolute atomic E-state index is 15.4. The van der Waals surface area contributed by atoms with Gasteiger partial charge in [-0.3, -0.25) is 56.5 Å². The Morgan fingerprint density at radius 2 is 0.902 bits per heavy atom. The van der Waals surface area contributed by atoms with E-state index in [1.165, 1.54) is 59.9 Å². The molecule has 0 saturated heterocycles. The molecule has 2 fully saturated rings. The summed E-state index contributed by atoms with van der Waals surface area (Å²) in [6.07, 6.45) is -5.39. The third-order valence-electron chi connectivity index (χ3n) is 20.1. The van der Waals surface area contributed by atoms with Crippen LogP contribution in [-0.2, 0) is 81.5 Å². The first-order valence-corrected chi connectivity index (χ1v) is 38.6. The van der Waals surface area contributed by atoms with Crippen LogP contribution in [0.3, 0.4) is 0 Å². The van der Waals surface area contributed by atoms with Gasteiger partial charge in [-0.25, -0.2) is 61.9 Å². The Hall–Kier alpha value is -10.9. The van der Waals surface area contributed by atoms with Gasteiger partial charge in [-0.15, -0.1) is 0 Å². The van der Waals surface area contributed by atoms with Crippen LogP contribution in [0, 0.1) is 49.0 Å². The monoisotopic (exact) mass is 1640 g/mol. The van der Waals surface area contributed by atoms with Crippen LogP contribution in [-0.4, -0.2) is 99.4 Å². The molecule has 4 aliphatic rings. The van der Waals surface area contributed by atoms with Gasteiger partial charge in [-0.2, -0.15) is 38.0 Å². The smallest absolute Gasteiger partial charge is 0.293 e. The molecule has 584 valence electrons. The van der Waals surface area contributed by atoms with E-state index in [1.807, 2.05) is 0 Å². The summed E-state index contributed by atoms with van der Waals surface area (Å²) in [5, 5.41) is 21.8. The number of aromatic nitrogens is 12. The number of amides is 2. The number of aryl methyl sites for hydroxylation is 4. The van der Waals surface area contributed by atoms with E-state index in [0.717, 1.165) is 45.9 Å². The van der Waals surface area contributed by atoms with Gasteiger partial charge in [0.25, 0.3) is 35.8 Å². The summed E-state index contributed by atoms with van der Waals surface area (Å²) in [6.45, 7) is 1.43. The van der Waals surface area contributed by atoms with Crippen molar-refractivity contribution in [1.82, 2.24) is 68.9 Å². The number of nitrogens with zero attached hydrogens (tertiary/aromatic N) is 12. The van der Waals surface area contributed by atoms with Gasteiger partial charge in [0.2, 0.25) is 31.9 Å². The molecule has 1 unspecified atom stereocenters. The Morgan fingerprint density at radius 3 is 1.24 bits per heavy atom. The number of sulfonamides is 2. The lowest BCUT2D eigenvalue weighted by Crippen LogP contribution is -2.38. The molecular weight excluding hydrogens is 1580 g/mol. The summed E-state index contributed by atoms with van der Waals surface area (Å²) in [6, 6.07) is 17.5. The lowest BCUT2D eigenvalue weighted by molar-refractivity contribution is -0.123. The molecule has 2 saturated carbocycles. The van der Waals surface area contributed by atoms with E-state index in [9.17, 15) is 71.1 Å². The Labute approximate surface area is 634 Å². The quantitative estimate of drug-likeness (QED) is 0.0516. The summed E-state index contributed by atoms with van der Waals surface area (Å²) in [5.41, 5.74) is -3.36. The molecule has 16 rings (SSSR count). The molecule has 4 N–H and O–H groups in total. The Morgan fingerprint density at radius 1 is 0.545 bits per heavy atom. The van der Waals surface area contributed by atoms with E-state index >= 15 is 17.6 Å². The SMILES string of the molecule is Cc1cccc2c(=O)n(-c3ccc(Cl)c4c(NS(C)(=O)=O)nn(C)c34)c(C(Cc3cc(F)cc(F)c3)NC(=O)Cn3nc(C(F)F)c4c3C(F)(F)[C@@H]3C[C@H]43)nc12.Cc1cccc2c(=O)n(-c3ccc(Cl)c4c(NS(C)(=O)=O)nn(C)c34)c([C@H](Cc3cc(F)cc(F)c3)NC(=O)Cn3nc(C(F)F)c4c3C(F)(F)[C@@H]3C[C@H]43)nc12. The Kier molecular flexibility index (Phi) is 18.8. The molecule has 0 radical (unpaired) electrons. The highest BCUT2D eigenvalue weighted by Crippen LogP contribution is 2.69. The van der Waals surface area contributed by atoms with Gasteiger partial charge >= 0.3 is 0 Å². The van der Waals surface area contributed by atoms with Crippen LogP contribution < -0.4 is 31.2 Å². The number of anilines is 2. The highest BCUT2D eigenvalue weighted by Gasteiger charge is 2.68. The average molecular weight is 1640 g/mol. The van der Waals surface area contributed by atoms with Crippen molar-refractivity contribution in [3.05, 3.63) is 219 Å². The maximum atomic E-state index is 15.4. The third-order valence-corrected chi connectivity index (χ3v) is 21.8. The molecular formula is C72H58Cl2F12N16O8S2. The fourth-order valence-electron chi connectivity index (χ4n) is 15.5. The van der Waals surface area contributed by atoms with E-state index in [1.54, 1.807) is 38.1 Å². The number of carbonyl (C=O) groups excluding carboxylic acids is 2. The zero-order valence-corrected chi connectivity index (χ0v) is 62.0. The van der Waals surface area contributed by atoms with Crippen molar-refractivity contribution >= 4 is 110 Å². The average Bonchev–Trinajstić information content (AvgIpc) is 1.52. The van der Waals surface area contributed by atoms with Crippen LogP contribution in [0.2, 0.25) is 10.0 Å². The van der Waals surface area contributed by atoms with Crippen molar-refractivity contribution in [2.75, 3.05) is 22.0 Å². The molecule has 6 aromatic heterocycles. The zero-order valence-electron chi connectivity index (χ0n) is 58.8. The number of carbonyl (C=O) groups is 2. The molecule has 24 nitrogen and oxygen atoms in total. The molecule has 40 heteroatoms. The largest absolute Gasteiger partial charge is 0.344 e. The third kappa shape index (κ3) is 13.6. The van der Waals surface area contributed by atoms with Gasteiger partial charge in [-0.05, 0) is 121 Å². The second-order valence-corrected chi connectivity index (χ2v) is 32.3. The number of hydrogen-bond acceptors (Lipinski definition) is 14. The Balaban J connectivity index is 0.000000177. The summed E-state index contributed by atoms with van der Waals surface area (Å²) in [5.74, 6) is -17.7. The summed E-state index contributed by atoms with van der Waals surface area (Å²) in [4.78, 5) is 66.8. The van der Waals surface area contributed by atoms with Gasteiger partial charge in [0, 0.05) is 62.0 Å². The molecule has 0 aliphatic heterocycles. The van der Waals surface area contributed by atoms with Crippen molar-refractivity contribution in [2.45, 2.75) is 101 Å².